The second-order valence-corrected chi connectivity index (χ2v) is 6.52. The third-order valence-corrected chi connectivity index (χ3v) is 5.22. The maximum atomic E-state index is 12.5. The molecule has 20 heavy (non-hydrogen) atoms. The average molecular weight is 294 g/mol. The number of hydrogen-bond acceptors (Lipinski definition) is 5. The molecule has 1 atom stereocenters. The highest BCUT2D eigenvalue weighted by Crippen LogP contribution is 2.27. The topological polar surface area (TPSA) is 130 Å². The van der Waals surface area contributed by atoms with Gasteiger partial charge in [-0.2, -0.15) is 9.57 Å². The van der Waals surface area contributed by atoms with Gasteiger partial charge in [0.15, 0.2) is 0 Å². The summed E-state index contributed by atoms with van der Waals surface area (Å²) in [5.41, 5.74) is 11.0. The predicted molar refractivity (Wildman–Crippen MR) is 71.6 cm³/mol. The Hall–Kier alpha value is -2.11. The SMILES string of the molecule is N#Cc1cc(N)ccc1S(=O)(=O)N1CCC(C(N)=O)C1. The smallest absolute Gasteiger partial charge is 0.244 e. The molecule has 1 unspecified atom stereocenters. The average Bonchev–Trinajstić information content (AvgIpc) is 2.88. The Bertz CT molecular complexity index is 693. The van der Waals surface area contributed by atoms with Gasteiger partial charge in [0.05, 0.1) is 11.5 Å². The fraction of sp³-hybridized carbons (Fsp3) is 0.333. The van der Waals surface area contributed by atoms with Gasteiger partial charge in [-0.05, 0) is 24.6 Å². The van der Waals surface area contributed by atoms with Crippen LogP contribution in [0.1, 0.15) is 12.0 Å². The molecular formula is C12H14N4O3S. The van der Waals surface area contributed by atoms with Gasteiger partial charge in [-0.25, -0.2) is 8.42 Å². The third kappa shape index (κ3) is 2.45. The van der Waals surface area contributed by atoms with Crippen molar-refractivity contribution < 1.29 is 13.2 Å². The number of nitrogens with zero attached hydrogens (tertiary/aromatic N) is 2. The van der Waals surface area contributed by atoms with Gasteiger partial charge >= 0.3 is 0 Å². The summed E-state index contributed by atoms with van der Waals surface area (Å²) in [5.74, 6) is -0.996. The Labute approximate surface area is 116 Å². The number of hydrogen-bond donors (Lipinski definition) is 2. The third-order valence-electron chi connectivity index (χ3n) is 3.30. The number of anilines is 1. The summed E-state index contributed by atoms with van der Waals surface area (Å²) < 4.78 is 26.1. The maximum absolute atomic E-state index is 12.5. The maximum Gasteiger partial charge on any atom is 0.244 e. The number of nitrogen functional groups attached to an aromatic ring is 1. The summed E-state index contributed by atoms with van der Waals surface area (Å²) in [5, 5.41) is 9.03. The molecule has 0 aromatic heterocycles. The van der Waals surface area contributed by atoms with Crippen molar-refractivity contribution in [2.45, 2.75) is 11.3 Å². The van der Waals surface area contributed by atoms with Crippen LogP contribution >= 0.6 is 0 Å². The van der Waals surface area contributed by atoms with Crippen LogP contribution in [0.5, 0.6) is 0 Å². The molecule has 0 aliphatic carbocycles. The number of nitrogens with two attached hydrogens (primary N) is 2. The van der Waals surface area contributed by atoms with E-state index in [9.17, 15) is 13.2 Å². The monoisotopic (exact) mass is 294 g/mol. The summed E-state index contributed by atoms with van der Waals surface area (Å²) >= 11 is 0. The number of rotatable bonds is 3. The standard InChI is InChI=1S/C12H14N4O3S/c13-6-9-5-10(14)1-2-11(9)20(18,19)16-4-3-8(7-16)12(15)17/h1-2,5,8H,3-4,7,14H2,(H2,15,17). The van der Waals surface area contributed by atoms with Gasteiger partial charge in [-0.3, -0.25) is 4.79 Å². The molecule has 1 amide bonds. The highest BCUT2D eigenvalue weighted by molar-refractivity contribution is 7.89. The van der Waals surface area contributed by atoms with Crippen molar-refractivity contribution in [3.05, 3.63) is 23.8 Å². The first kappa shape index (κ1) is 14.3. The molecule has 0 radical (unpaired) electrons. The van der Waals surface area contributed by atoms with E-state index in [4.69, 9.17) is 16.7 Å². The molecule has 4 N–H and O–H groups in total. The van der Waals surface area contributed by atoms with Crippen LogP contribution in [-0.2, 0) is 14.8 Å². The van der Waals surface area contributed by atoms with Crippen molar-refractivity contribution in [3.8, 4) is 6.07 Å². The van der Waals surface area contributed by atoms with E-state index in [1.54, 1.807) is 0 Å². The fourth-order valence-electron chi connectivity index (χ4n) is 2.18. The quantitative estimate of drug-likeness (QED) is 0.735. The highest BCUT2D eigenvalue weighted by Gasteiger charge is 2.36. The zero-order chi connectivity index (χ0) is 14.9. The number of carbonyl (C=O) groups excluding carboxylic acids is 1. The van der Waals surface area contributed by atoms with Crippen LogP contribution in [0.3, 0.4) is 0 Å². The van der Waals surface area contributed by atoms with Gasteiger partial charge < -0.3 is 11.5 Å². The minimum absolute atomic E-state index is 0.00692. The van der Waals surface area contributed by atoms with Gasteiger partial charge in [0.1, 0.15) is 11.0 Å². The minimum Gasteiger partial charge on any atom is -0.399 e. The Kier molecular flexibility index (Phi) is 3.65. The van der Waals surface area contributed by atoms with Crippen molar-refractivity contribution in [2.75, 3.05) is 18.8 Å². The van der Waals surface area contributed by atoms with Crippen LogP contribution in [-0.4, -0.2) is 31.7 Å². The Morgan fingerprint density at radius 2 is 2.15 bits per heavy atom. The number of primary amides is 1. The van der Waals surface area contributed by atoms with E-state index in [1.807, 2.05) is 6.07 Å². The van der Waals surface area contributed by atoms with Crippen molar-refractivity contribution in [1.82, 2.24) is 4.31 Å². The summed E-state index contributed by atoms with van der Waals surface area (Å²) in [6, 6.07) is 5.87. The lowest BCUT2D eigenvalue weighted by Gasteiger charge is -2.17. The molecule has 0 bridgehead atoms. The molecule has 0 saturated carbocycles. The first-order chi connectivity index (χ1) is 9.36. The summed E-state index contributed by atoms with van der Waals surface area (Å²) in [6.45, 7) is 0.262. The first-order valence-corrected chi connectivity index (χ1v) is 7.39. The van der Waals surface area contributed by atoms with Crippen LogP contribution in [0.25, 0.3) is 0 Å². The molecule has 1 heterocycles. The Balaban J connectivity index is 2.38. The van der Waals surface area contributed by atoms with Crippen molar-refractivity contribution in [2.24, 2.45) is 11.7 Å². The van der Waals surface area contributed by atoms with Gasteiger partial charge in [0, 0.05) is 18.8 Å². The zero-order valence-corrected chi connectivity index (χ0v) is 11.4. The summed E-state index contributed by atoms with van der Waals surface area (Å²) in [6.07, 6.45) is 0.394. The second-order valence-electron chi connectivity index (χ2n) is 4.62. The van der Waals surface area contributed by atoms with E-state index in [0.717, 1.165) is 0 Å². The van der Waals surface area contributed by atoms with E-state index in [1.165, 1.54) is 22.5 Å². The number of carbonyl (C=O) groups is 1. The molecule has 2 rings (SSSR count). The lowest BCUT2D eigenvalue weighted by Crippen LogP contribution is -2.32. The number of sulfonamides is 1. The Morgan fingerprint density at radius 3 is 2.70 bits per heavy atom. The molecule has 7 nitrogen and oxygen atoms in total. The second kappa shape index (κ2) is 5.11. The van der Waals surface area contributed by atoms with Gasteiger partial charge in [0.25, 0.3) is 0 Å². The lowest BCUT2D eigenvalue weighted by atomic mass is 10.1. The first-order valence-electron chi connectivity index (χ1n) is 5.95. The van der Waals surface area contributed by atoms with E-state index >= 15 is 0 Å². The molecule has 106 valence electrons. The molecule has 1 aliphatic heterocycles. The molecule has 8 heteroatoms. The van der Waals surface area contributed by atoms with Gasteiger partial charge in [-0.1, -0.05) is 0 Å². The van der Waals surface area contributed by atoms with E-state index in [2.05, 4.69) is 0 Å². The lowest BCUT2D eigenvalue weighted by molar-refractivity contribution is -0.121. The summed E-state index contributed by atoms with van der Waals surface area (Å²) in [7, 11) is -3.82. The molecule has 1 fully saturated rings. The number of benzene rings is 1. The normalized spacial score (nSPS) is 19.6. The Morgan fingerprint density at radius 1 is 1.45 bits per heavy atom. The predicted octanol–water partition coefficient (Wildman–Crippen LogP) is -0.364. The van der Waals surface area contributed by atoms with Crippen LogP contribution in [0.15, 0.2) is 23.1 Å². The zero-order valence-electron chi connectivity index (χ0n) is 10.6. The molecule has 1 aromatic carbocycles. The van der Waals surface area contributed by atoms with Crippen molar-refractivity contribution in [1.29, 1.82) is 5.26 Å². The van der Waals surface area contributed by atoms with E-state index in [-0.39, 0.29) is 23.5 Å². The van der Waals surface area contributed by atoms with Crippen LogP contribution in [0.2, 0.25) is 0 Å². The minimum atomic E-state index is -3.82. The number of nitriles is 1. The number of amides is 1. The van der Waals surface area contributed by atoms with Crippen LogP contribution in [0.4, 0.5) is 5.69 Å². The largest absolute Gasteiger partial charge is 0.399 e. The molecule has 1 saturated heterocycles. The van der Waals surface area contributed by atoms with E-state index in [0.29, 0.717) is 12.1 Å². The van der Waals surface area contributed by atoms with E-state index < -0.39 is 21.8 Å². The van der Waals surface area contributed by atoms with Crippen molar-refractivity contribution in [3.63, 3.8) is 0 Å². The molecule has 1 aromatic rings. The van der Waals surface area contributed by atoms with Crippen LogP contribution in [0, 0.1) is 17.2 Å². The summed E-state index contributed by atoms with van der Waals surface area (Å²) in [4.78, 5) is 11.0. The van der Waals surface area contributed by atoms with Crippen LogP contribution < -0.4 is 11.5 Å². The highest BCUT2D eigenvalue weighted by atomic mass is 32.2. The fourth-order valence-corrected chi connectivity index (χ4v) is 3.80. The molecular weight excluding hydrogens is 280 g/mol. The van der Waals surface area contributed by atoms with Crippen molar-refractivity contribution >= 4 is 21.6 Å². The molecule has 1 aliphatic rings. The van der Waals surface area contributed by atoms with Gasteiger partial charge in [-0.15, -0.1) is 0 Å². The van der Waals surface area contributed by atoms with Gasteiger partial charge in [0.2, 0.25) is 15.9 Å². The molecule has 0 spiro atoms.